The molecule has 1 saturated carbocycles. The van der Waals surface area contributed by atoms with Crippen molar-refractivity contribution in [2.75, 3.05) is 19.7 Å². The Morgan fingerprint density at radius 2 is 1.96 bits per heavy atom. The molecule has 5 nitrogen and oxygen atoms in total. The van der Waals surface area contributed by atoms with E-state index in [0.29, 0.717) is 0 Å². The van der Waals surface area contributed by atoms with Gasteiger partial charge in [-0.1, -0.05) is 18.2 Å². The van der Waals surface area contributed by atoms with Crippen LogP contribution in [0.3, 0.4) is 0 Å². The maximum Gasteiger partial charge on any atom is 0.0769 e. The Balaban J connectivity index is 1.36. The number of benzene rings is 1. The van der Waals surface area contributed by atoms with Gasteiger partial charge in [0.15, 0.2) is 0 Å². The van der Waals surface area contributed by atoms with Gasteiger partial charge < -0.3 is 9.84 Å². The number of aliphatic hydroxyl groups is 1. The van der Waals surface area contributed by atoms with Crippen LogP contribution in [0.15, 0.2) is 42.6 Å². The third-order valence-corrected chi connectivity index (χ3v) is 5.95. The summed E-state index contributed by atoms with van der Waals surface area (Å²) in [5.74, 6) is 0. The van der Waals surface area contributed by atoms with E-state index in [1.54, 1.807) is 0 Å². The van der Waals surface area contributed by atoms with Crippen LogP contribution in [0.5, 0.6) is 0 Å². The summed E-state index contributed by atoms with van der Waals surface area (Å²) in [5, 5.41) is 15.0. The van der Waals surface area contributed by atoms with Gasteiger partial charge in [0.2, 0.25) is 0 Å². The topological polar surface area (TPSA) is 50.5 Å². The molecule has 2 atom stereocenters. The molecular formula is C20H27N3O2. The van der Waals surface area contributed by atoms with E-state index < -0.39 is 0 Å². The van der Waals surface area contributed by atoms with Gasteiger partial charge in [0, 0.05) is 31.2 Å². The quantitative estimate of drug-likeness (QED) is 0.908. The third kappa shape index (κ3) is 3.12. The second kappa shape index (κ2) is 6.90. The summed E-state index contributed by atoms with van der Waals surface area (Å²) in [6.45, 7) is 5.64. The summed E-state index contributed by atoms with van der Waals surface area (Å²) in [5.41, 5.74) is 2.18. The number of ether oxygens (including phenoxy) is 1. The van der Waals surface area contributed by atoms with Gasteiger partial charge in [0.05, 0.1) is 23.6 Å². The second-order valence-electron chi connectivity index (χ2n) is 7.29. The maximum absolute atomic E-state index is 10.3. The van der Waals surface area contributed by atoms with Crippen LogP contribution in [0.25, 0.3) is 5.69 Å². The van der Waals surface area contributed by atoms with E-state index in [-0.39, 0.29) is 17.6 Å². The minimum atomic E-state index is -0.191. The standard InChI is InChI=1S/C20H27N3O2/c1-2-25-19-14-18(24)20(19)9-12-22(13-10-20)15-16-8-11-23(21-16)17-6-4-3-5-7-17/h3-8,11,18-19,24H,2,9-10,12-15H2,1H3. The lowest BCUT2D eigenvalue weighted by Crippen LogP contribution is -2.62. The fourth-order valence-corrected chi connectivity index (χ4v) is 4.34. The number of piperidine rings is 1. The van der Waals surface area contributed by atoms with Gasteiger partial charge in [0.1, 0.15) is 0 Å². The van der Waals surface area contributed by atoms with E-state index >= 15 is 0 Å². The van der Waals surface area contributed by atoms with Crippen LogP contribution >= 0.6 is 0 Å². The first kappa shape index (κ1) is 16.8. The first-order chi connectivity index (χ1) is 12.2. The van der Waals surface area contributed by atoms with Crippen LogP contribution in [0.4, 0.5) is 0 Å². The maximum atomic E-state index is 10.3. The van der Waals surface area contributed by atoms with Crippen LogP contribution in [0.1, 0.15) is 31.9 Å². The molecule has 1 aliphatic heterocycles. The number of rotatable bonds is 5. The molecule has 2 heterocycles. The van der Waals surface area contributed by atoms with Gasteiger partial charge in [-0.15, -0.1) is 0 Å². The number of aromatic nitrogens is 2. The Morgan fingerprint density at radius 3 is 2.64 bits per heavy atom. The zero-order chi connectivity index (χ0) is 17.3. The molecule has 2 fully saturated rings. The molecule has 1 aromatic carbocycles. The predicted molar refractivity (Wildman–Crippen MR) is 96.5 cm³/mol. The molecule has 0 amide bonds. The molecule has 134 valence electrons. The van der Waals surface area contributed by atoms with Gasteiger partial charge in [-0.2, -0.15) is 5.10 Å². The highest BCUT2D eigenvalue weighted by Crippen LogP contribution is 2.51. The Kier molecular flexibility index (Phi) is 4.63. The number of para-hydroxylation sites is 1. The molecule has 0 bridgehead atoms. The number of aliphatic hydroxyl groups excluding tert-OH is 1. The molecule has 1 N–H and O–H groups in total. The number of nitrogens with zero attached hydrogens (tertiary/aromatic N) is 3. The van der Waals surface area contributed by atoms with Crippen LogP contribution in [0, 0.1) is 5.41 Å². The summed E-state index contributed by atoms with van der Waals surface area (Å²) in [6.07, 6.45) is 4.90. The van der Waals surface area contributed by atoms with Crippen LogP contribution in [0.2, 0.25) is 0 Å². The fraction of sp³-hybridized carbons (Fsp3) is 0.550. The molecule has 25 heavy (non-hydrogen) atoms. The van der Waals surface area contributed by atoms with Crippen molar-refractivity contribution in [3.8, 4) is 5.69 Å². The van der Waals surface area contributed by atoms with Crippen LogP contribution < -0.4 is 0 Å². The minimum absolute atomic E-state index is 0.00406. The summed E-state index contributed by atoms with van der Waals surface area (Å²) in [4.78, 5) is 2.44. The van der Waals surface area contributed by atoms with E-state index in [1.807, 2.05) is 36.0 Å². The van der Waals surface area contributed by atoms with Crippen molar-refractivity contribution >= 4 is 0 Å². The molecule has 5 heteroatoms. The van der Waals surface area contributed by atoms with Crippen LogP contribution in [-0.4, -0.2) is 51.7 Å². The highest BCUT2D eigenvalue weighted by atomic mass is 16.5. The summed E-state index contributed by atoms with van der Waals surface area (Å²) < 4.78 is 7.79. The predicted octanol–water partition coefficient (Wildman–Crippen LogP) is 2.62. The number of hydrogen-bond acceptors (Lipinski definition) is 4. The fourth-order valence-electron chi connectivity index (χ4n) is 4.34. The van der Waals surface area contributed by atoms with Crippen molar-refractivity contribution in [1.82, 2.24) is 14.7 Å². The highest BCUT2D eigenvalue weighted by Gasteiger charge is 2.55. The summed E-state index contributed by atoms with van der Waals surface area (Å²) in [6, 6.07) is 12.3. The molecule has 2 aliphatic rings. The monoisotopic (exact) mass is 341 g/mol. The van der Waals surface area contributed by atoms with Gasteiger partial charge in [0.25, 0.3) is 0 Å². The molecule has 1 spiro atoms. The molecule has 0 radical (unpaired) electrons. The molecule has 4 rings (SSSR count). The molecule has 1 aromatic heterocycles. The summed E-state index contributed by atoms with van der Waals surface area (Å²) in [7, 11) is 0. The van der Waals surface area contributed by atoms with Crippen LogP contribution in [-0.2, 0) is 11.3 Å². The average molecular weight is 341 g/mol. The van der Waals surface area contributed by atoms with Crippen molar-refractivity contribution in [3.05, 3.63) is 48.3 Å². The SMILES string of the molecule is CCOC1CC(O)C12CCN(Cc1ccn(-c3ccccc3)n1)CC2. The Bertz CT molecular complexity index is 690. The minimum Gasteiger partial charge on any atom is -0.392 e. The Labute approximate surface area is 149 Å². The molecule has 2 unspecified atom stereocenters. The van der Waals surface area contributed by atoms with E-state index in [0.717, 1.165) is 56.9 Å². The lowest BCUT2D eigenvalue weighted by molar-refractivity contribution is -0.209. The van der Waals surface area contributed by atoms with Gasteiger partial charge >= 0.3 is 0 Å². The summed E-state index contributed by atoms with van der Waals surface area (Å²) >= 11 is 0. The number of likely N-dealkylation sites (tertiary alicyclic amines) is 1. The third-order valence-electron chi connectivity index (χ3n) is 5.95. The Morgan fingerprint density at radius 1 is 1.20 bits per heavy atom. The van der Waals surface area contributed by atoms with Crippen molar-refractivity contribution in [2.45, 2.75) is 44.9 Å². The van der Waals surface area contributed by atoms with Crippen molar-refractivity contribution in [2.24, 2.45) is 5.41 Å². The molecular weight excluding hydrogens is 314 g/mol. The lowest BCUT2D eigenvalue weighted by atomic mass is 9.58. The molecule has 1 aliphatic carbocycles. The largest absolute Gasteiger partial charge is 0.392 e. The van der Waals surface area contributed by atoms with Crippen molar-refractivity contribution in [1.29, 1.82) is 0 Å². The van der Waals surface area contributed by atoms with E-state index in [9.17, 15) is 5.11 Å². The smallest absolute Gasteiger partial charge is 0.0769 e. The Hall–Kier alpha value is -1.69. The molecule has 2 aromatic rings. The van der Waals surface area contributed by atoms with E-state index in [4.69, 9.17) is 9.84 Å². The first-order valence-electron chi connectivity index (χ1n) is 9.33. The van der Waals surface area contributed by atoms with Crippen molar-refractivity contribution in [3.63, 3.8) is 0 Å². The highest BCUT2D eigenvalue weighted by molar-refractivity contribution is 5.30. The normalized spacial score (nSPS) is 25.8. The van der Waals surface area contributed by atoms with Gasteiger partial charge in [-0.05, 0) is 51.1 Å². The first-order valence-corrected chi connectivity index (χ1v) is 9.33. The molecule has 1 saturated heterocycles. The number of hydrogen-bond donors (Lipinski definition) is 1. The van der Waals surface area contributed by atoms with Gasteiger partial charge in [-0.25, -0.2) is 4.68 Å². The lowest BCUT2D eigenvalue weighted by Gasteiger charge is -2.56. The van der Waals surface area contributed by atoms with E-state index in [2.05, 4.69) is 23.1 Å². The van der Waals surface area contributed by atoms with Crippen molar-refractivity contribution < 1.29 is 9.84 Å². The second-order valence-corrected chi connectivity index (χ2v) is 7.29. The average Bonchev–Trinajstić information content (AvgIpc) is 3.11. The zero-order valence-electron chi connectivity index (χ0n) is 14.8. The van der Waals surface area contributed by atoms with E-state index in [1.165, 1.54) is 0 Å². The van der Waals surface area contributed by atoms with Gasteiger partial charge in [-0.3, -0.25) is 4.90 Å². The zero-order valence-corrected chi connectivity index (χ0v) is 14.8.